The van der Waals surface area contributed by atoms with Crippen LogP contribution in [0.1, 0.15) is 47.5 Å². The van der Waals surface area contributed by atoms with E-state index in [9.17, 15) is 9.59 Å². The normalized spacial score (nSPS) is 10.7. The number of carbonyl (C=O) groups is 2. The van der Waals surface area contributed by atoms with E-state index in [1.807, 2.05) is 6.92 Å². The van der Waals surface area contributed by atoms with E-state index in [1.165, 1.54) is 0 Å². The van der Waals surface area contributed by atoms with Crippen LogP contribution in [0.5, 0.6) is 0 Å². The van der Waals surface area contributed by atoms with Gasteiger partial charge in [0.15, 0.2) is 6.29 Å². The monoisotopic (exact) mass is 300 g/mol. The van der Waals surface area contributed by atoms with Gasteiger partial charge < -0.3 is 14.2 Å². The lowest BCUT2D eigenvalue weighted by Crippen LogP contribution is -2.18. The second kappa shape index (κ2) is 13.4. The van der Waals surface area contributed by atoms with Crippen LogP contribution >= 0.6 is 0 Å². The maximum Gasteiger partial charge on any atom is 0.335 e. The molecule has 0 radical (unpaired) electrons. The van der Waals surface area contributed by atoms with E-state index < -0.39 is 12.3 Å². The molecule has 5 nitrogen and oxygen atoms in total. The highest BCUT2D eigenvalue weighted by molar-refractivity contribution is 5.87. The van der Waals surface area contributed by atoms with Crippen LogP contribution in [-0.4, -0.2) is 31.4 Å². The second-order valence-corrected chi connectivity index (χ2v) is 4.48. The van der Waals surface area contributed by atoms with Gasteiger partial charge in [0.25, 0.3) is 0 Å². The number of carbonyl (C=O) groups excluding carboxylic acids is 2. The van der Waals surface area contributed by atoms with Gasteiger partial charge in [0, 0.05) is 17.8 Å². The third-order valence-electron chi connectivity index (χ3n) is 2.10. The Morgan fingerprint density at radius 3 is 1.95 bits per heavy atom. The van der Waals surface area contributed by atoms with Crippen molar-refractivity contribution >= 4 is 11.9 Å². The van der Waals surface area contributed by atoms with Gasteiger partial charge >= 0.3 is 11.9 Å². The summed E-state index contributed by atoms with van der Waals surface area (Å²) in [6, 6.07) is 0. The molecule has 5 heteroatoms. The molecule has 0 spiro atoms. The highest BCUT2D eigenvalue weighted by atomic mass is 16.7. The maximum absolute atomic E-state index is 10.8. The molecule has 0 aromatic rings. The summed E-state index contributed by atoms with van der Waals surface area (Å²) < 4.78 is 14.6. The SMILES string of the molecule is C=C(C)C(=O)OC(C)OCC.C=C(C)C(=O)OCCCC. The van der Waals surface area contributed by atoms with Crippen LogP contribution in [-0.2, 0) is 23.8 Å². The van der Waals surface area contributed by atoms with Gasteiger partial charge in [-0.3, -0.25) is 0 Å². The molecule has 0 aliphatic rings. The molecule has 0 saturated carbocycles. The average molecular weight is 300 g/mol. The summed E-state index contributed by atoms with van der Waals surface area (Å²) in [6.07, 6.45) is 1.49. The van der Waals surface area contributed by atoms with Crippen LogP contribution < -0.4 is 0 Å². The minimum absolute atomic E-state index is 0.284. The fraction of sp³-hybridized carbons (Fsp3) is 0.625. The van der Waals surface area contributed by atoms with Crippen LogP contribution in [0.4, 0.5) is 0 Å². The summed E-state index contributed by atoms with van der Waals surface area (Å²) in [5, 5.41) is 0. The topological polar surface area (TPSA) is 61.8 Å². The first-order valence-electron chi connectivity index (χ1n) is 7.06. The van der Waals surface area contributed by atoms with Crippen LogP contribution in [0.2, 0.25) is 0 Å². The Bertz CT molecular complexity index is 347. The summed E-state index contributed by atoms with van der Waals surface area (Å²) >= 11 is 0. The van der Waals surface area contributed by atoms with Gasteiger partial charge in [-0.05, 0) is 34.1 Å². The number of rotatable bonds is 8. The van der Waals surface area contributed by atoms with E-state index in [1.54, 1.807) is 20.8 Å². The predicted molar refractivity (Wildman–Crippen MR) is 82.7 cm³/mol. The number of ether oxygens (including phenoxy) is 3. The molecule has 0 aromatic heterocycles. The number of esters is 2. The fourth-order valence-electron chi connectivity index (χ4n) is 0.952. The van der Waals surface area contributed by atoms with E-state index in [-0.39, 0.29) is 5.97 Å². The maximum atomic E-state index is 10.8. The van der Waals surface area contributed by atoms with Crippen molar-refractivity contribution in [1.82, 2.24) is 0 Å². The molecule has 0 saturated heterocycles. The van der Waals surface area contributed by atoms with Crippen molar-refractivity contribution in [2.75, 3.05) is 13.2 Å². The van der Waals surface area contributed by atoms with Crippen molar-refractivity contribution in [3.8, 4) is 0 Å². The van der Waals surface area contributed by atoms with Crippen LogP contribution in [0, 0.1) is 0 Å². The van der Waals surface area contributed by atoms with Crippen molar-refractivity contribution in [3.05, 3.63) is 24.3 Å². The quantitative estimate of drug-likeness (QED) is 0.297. The summed E-state index contributed by atoms with van der Waals surface area (Å²) in [6.45, 7) is 16.8. The molecule has 0 amide bonds. The van der Waals surface area contributed by atoms with Gasteiger partial charge in [-0.1, -0.05) is 26.5 Å². The minimum Gasteiger partial charge on any atom is -0.462 e. The standard InChI is InChI=1S/C8H14O3.C8H14O2/c1-5-10-7(4)11-8(9)6(2)3;1-4-5-6-10-8(9)7(2)3/h7H,2,5H2,1,3-4H3;2,4-6H2,1,3H3. The summed E-state index contributed by atoms with van der Waals surface area (Å²) in [5.74, 6) is -0.695. The first kappa shape index (κ1) is 21.7. The lowest BCUT2D eigenvalue weighted by atomic mass is 10.3. The Hall–Kier alpha value is -1.62. The molecule has 0 aromatic carbocycles. The lowest BCUT2D eigenvalue weighted by molar-refractivity contribution is -0.169. The molecule has 122 valence electrons. The van der Waals surface area contributed by atoms with E-state index in [4.69, 9.17) is 14.2 Å². The van der Waals surface area contributed by atoms with Gasteiger partial charge in [-0.25, -0.2) is 9.59 Å². The first-order valence-corrected chi connectivity index (χ1v) is 7.06. The molecular formula is C16H28O5. The highest BCUT2D eigenvalue weighted by Gasteiger charge is 2.08. The Morgan fingerprint density at radius 2 is 1.57 bits per heavy atom. The summed E-state index contributed by atoms with van der Waals surface area (Å²) in [7, 11) is 0. The molecule has 0 bridgehead atoms. The average Bonchev–Trinajstić information content (AvgIpc) is 2.39. The summed E-state index contributed by atoms with van der Waals surface area (Å²) in [5.41, 5.74) is 0.854. The highest BCUT2D eigenvalue weighted by Crippen LogP contribution is 1.98. The molecule has 1 atom stereocenters. The molecule has 21 heavy (non-hydrogen) atoms. The van der Waals surface area contributed by atoms with Gasteiger partial charge in [-0.15, -0.1) is 0 Å². The Kier molecular flexibility index (Phi) is 13.8. The smallest absolute Gasteiger partial charge is 0.335 e. The van der Waals surface area contributed by atoms with E-state index >= 15 is 0 Å². The van der Waals surface area contributed by atoms with Crippen molar-refractivity contribution in [2.45, 2.75) is 53.8 Å². The Morgan fingerprint density at radius 1 is 1.05 bits per heavy atom. The van der Waals surface area contributed by atoms with Gasteiger partial charge in [0.2, 0.25) is 0 Å². The van der Waals surface area contributed by atoms with Crippen molar-refractivity contribution in [2.24, 2.45) is 0 Å². The first-order chi connectivity index (χ1) is 9.76. The zero-order chi connectivity index (χ0) is 16.8. The molecule has 0 rings (SSSR count). The van der Waals surface area contributed by atoms with Crippen molar-refractivity contribution in [1.29, 1.82) is 0 Å². The third-order valence-corrected chi connectivity index (χ3v) is 2.10. The molecular weight excluding hydrogens is 272 g/mol. The minimum atomic E-state index is -0.482. The summed E-state index contributed by atoms with van der Waals surface area (Å²) in [4.78, 5) is 21.5. The third kappa shape index (κ3) is 14.6. The molecule has 0 heterocycles. The molecule has 0 aliphatic heterocycles. The van der Waals surface area contributed by atoms with E-state index in [0.717, 1.165) is 12.8 Å². The molecule has 0 fully saturated rings. The van der Waals surface area contributed by atoms with Gasteiger partial charge in [-0.2, -0.15) is 0 Å². The van der Waals surface area contributed by atoms with Crippen LogP contribution in [0.3, 0.4) is 0 Å². The number of hydrogen-bond acceptors (Lipinski definition) is 5. The van der Waals surface area contributed by atoms with Crippen molar-refractivity contribution < 1.29 is 23.8 Å². The molecule has 1 unspecified atom stereocenters. The van der Waals surface area contributed by atoms with E-state index in [2.05, 4.69) is 20.1 Å². The fourth-order valence-corrected chi connectivity index (χ4v) is 0.952. The number of hydrogen-bond donors (Lipinski definition) is 0. The Labute approximate surface area is 128 Å². The zero-order valence-electron chi connectivity index (χ0n) is 13.9. The van der Waals surface area contributed by atoms with Gasteiger partial charge in [0.05, 0.1) is 6.61 Å². The van der Waals surface area contributed by atoms with Crippen molar-refractivity contribution in [3.63, 3.8) is 0 Å². The van der Waals surface area contributed by atoms with Crippen LogP contribution in [0.25, 0.3) is 0 Å². The van der Waals surface area contributed by atoms with Crippen LogP contribution in [0.15, 0.2) is 24.3 Å². The number of unbranched alkanes of at least 4 members (excludes halogenated alkanes) is 1. The predicted octanol–water partition coefficient (Wildman–Crippen LogP) is 3.39. The molecule has 0 N–H and O–H groups in total. The zero-order valence-corrected chi connectivity index (χ0v) is 13.9. The largest absolute Gasteiger partial charge is 0.462 e. The van der Waals surface area contributed by atoms with E-state index in [0.29, 0.717) is 24.4 Å². The van der Waals surface area contributed by atoms with Gasteiger partial charge in [0.1, 0.15) is 0 Å². The lowest BCUT2D eigenvalue weighted by Gasteiger charge is -2.11. The Balaban J connectivity index is 0. The molecule has 0 aliphatic carbocycles. The second-order valence-electron chi connectivity index (χ2n) is 4.48.